The number of carbonyl (C=O) groups is 1. The molecule has 0 saturated heterocycles. The predicted octanol–water partition coefficient (Wildman–Crippen LogP) is 0.972. The van der Waals surface area contributed by atoms with E-state index in [0.29, 0.717) is 18.9 Å². The van der Waals surface area contributed by atoms with Gasteiger partial charge in [-0.05, 0) is 31.3 Å². The van der Waals surface area contributed by atoms with Crippen LogP contribution in [0.5, 0.6) is 0 Å². The van der Waals surface area contributed by atoms with E-state index in [9.17, 15) is 4.79 Å². The van der Waals surface area contributed by atoms with Crippen LogP contribution in [0, 0.1) is 12.8 Å². The number of aromatic nitrogens is 1. The summed E-state index contributed by atoms with van der Waals surface area (Å²) in [5.74, 6) is 1.04. The Morgan fingerprint density at radius 3 is 2.88 bits per heavy atom. The Morgan fingerprint density at radius 1 is 1.56 bits per heavy atom. The molecular weight excluding hydrogens is 224 g/mol. The molecule has 2 rings (SSSR count). The minimum absolute atomic E-state index is 0.183. The van der Waals surface area contributed by atoms with Gasteiger partial charge < -0.3 is 16.4 Å². The van der Waals surface area contributed by atoms with Gasteiger partial charge in [-0.1, -0.05) is 0 Å². The van der Waals surface area contributed by atoms with E-state index < -0.39 is 0 Å². The highest BCUT2D eigenvalue weighted by Gasteiger charge is 2.28. The first kappa shape index (κ1) is 11.2. The zero-order valence-electron chi connectivity index (χ0n) is 9.25. The maximum Gasteiger partial charge on any atom is 0.223 e. The SMILES string of the molecule is Cc1c(N)nsc1NCCNC(=O)C1CC1. The van der Waals surface area contributed by atoms with Gasteiger partial charge in [0, 0.05) is 24.6 Å². The third kappa shape index (κ3) is 2.63. The molecule has 0 aliphatic heterocycles. The Morgan fingerprint density at radius 2 is 2.31 bits per heavy atom. The molecule has 5 nitrogen and oxygen atoms in total. The first-order valence-electron chi connectivity index (χ1n) is 5.42. The number of carbonyl (C=O) groups excluding carboxylic acids is 1. The van der Waals surface area contributed by atoms with Crippen molar-refractivity contribution >= 4 is 28.3 Å². The Balaban J connectivity index is 1.67. The van der Waals surface area contributed by atoms with Gasteiger partial charge in [0.15, 0.2) is 0 Å². The summed E-state index contributed by atoms with van der Waals surface area (Å²) in [6.45, 7) is 3.29. The third-order valence-corrected chi connectivity index (χ3v) is 3.54. The van der Waals surface area contributed by atoms with Gasteiger partial charge in [0.2, 0.25) is 5.91 Å². The summed E-state index contributed by atoms with van der Waals surface area (Å²) in [6, 6.07) is 0. The Bertz CT molecular complexity index is 386. The standard InChI is InChI=1S/C10H16N4OS/c1-6-8(11)14-16-10(6)13-5-4-12-9(15)7-2-3-7/h7,13H,2-5H2,1H3,(H2,11,14)(H,12,15). The van der Waals surface area contributed by atoms with Crippen molar-refractivity contribution in [1.29, 1.82) is 0 Å². The summed E-state index contributed by atoms with van der Waals surface area (Å²) in [5, 5.41) is 7.09. The molecule has 0 atom stereocenters. The Kier molecular flexibility index (Phi) is 3.28. The number of nitrogens with two attached hydrogens (primary N) is 1. The quantitative estimate of drug-likeness (QED) is 0.670. The second kappa shape index (κ2) is 4.69. The molecule has 4 N–H and O–H groups in total. The summed E-state index contributed by atoms with van der Waals surface area (Å²) in [5.41, 5.74) is 6.62. The zero-order chi connectivity index (χ0) is 11.5. The largest absolute Gasteiger partial charge is 0.383 e. The zero-order valence-corrected chi connectivity index (χ0v) is 10.1. The number of hydrogen-bond donors (Lipinski definition) is 3. The van der Waals surface area contributed by atoms with Crippen LogP contribution in [-0.4, -0.2) is 23.4 Å². The number of nitrogen functional groups attached to an aromatic ring is 1. The number of hydrogen-bond acceptors (Lipinski definition) is 5. The highest BCUT2D eigenvalue weighted by molar-refractivity contribution is 7.10. The normalized spacial score (nSPS) is 14.8. The molecule has 0 radical (unpaired) electrons. The summed E-state index contributed by atoms with van der Waals surface area (Å²) in [4.78, 5) is 11.3. The highest BCUT2D eigenvalue weighted by atomic mass is 32.1. The van der Waals surface area contributed by atoms with Gasteiger partial charge in [0.25, 0.3) is 0 Å². The second-order valence-electron chi connectivity index (χ2n) is 4.01. The monoisotopic (exact) mass is 240 g/mol. The van der Waals surface area contributed by atoms with Gasteiger partial charge in [0.1, 0.15) is 10.8 Å². The molecule has 1 heterocycles. The third-order valence-electron chi connectivity index (χ3n) is 2.62. The van der Waals surface area contributed by atoms with E-state index in [0.717, 1.165) is 23.4 Å². The molecule has 1 aliphatic rings. The lowest BCUT2D eigenvalue weighted by Crippen LogP contribution is -2.29. The van der Waals surface area contributed by atoms with Crippen LogP contribution in [0.4, 0.5) is 10.8 Å². The van der Waals surface area contributed by atoms with Crippen molar-refractivity contribution in [1.82, 2.24) is 9.69 Å². The van der Waals surface area contributed by atoms with E-state index in [-0.39, 0.29) is 11.8 Å². The van der Waals surface area contributed by atoms with Gasteiger partial charge in [-0.3, -0.25) is 4.79 Å². The molecule has 1 amide bonds. The van der Waals surface area contributed by atoms with E-state index in [1.165, 1.54) is 11.5 Å². The Labute approximate surface area is 98.6 Å². The van der Waals surface area contributed by atoms with Crippen molar-refractivity contribution in [3.05, 3.63) is 5.56 Å². The molecule has 6 heteroatoms. The van der Waals surface area contributed by atoms with Crippen LogP contribution in [0.2, 0.25) is 0 Å². The lowest BCUT2D eigenvalue weighted by Gasteiger charge is -2.06. The molecule has 88 valence electrons. The minimum Gasteiger partial charge on any atom is -0.383 e. The smallest absolute Gasteiger partial charge is 0.223 e. The molecule has 1 aliphatic carbocycles. The van der Waals surface area contributed by atoms with Crippen LogP contribution in [0.15, 0.2) is 0 Å². The second-order valence-corrected chi connectivity index (χ2v) is 4.79. The topological polar surface area (TPSA) is 80.0 Å². The number of rotatable bonds is 5. The number of anilines is 2. The maximum absolute atomic E-state index is 11.3. The fraction of sp³-hybridized carbons (Fsp3) is 0.600. The minimum atomic E-state index is 0.183. The molecule has 1 aromatic heterocycles. The fourth-order valence-corrected chi connectivity index (χ4v) is 2.10. The molecular formula is C10H16N4OS. The number of nitrogens with one attached hydrogen (secondary N) is 2. The van der Waals surface area contributed by atoms with Crippen molar-refractivity contribution in [2.45, 2.75) is 19.8 Å². The molecule has 0 aromatic carbocycles. The van der Waals surface area contributed by atoms with E-state index in [1.54, 1.807) is 0 Å². The summed E-state index contributed by atoms with van der Waals surface area (Å²) < 4.78 is 4.04. The molecule has 1 aromatic rings. The molecule has 16 heavy (non-hydrogen) atoms. The van der Waals surface area contributed by atoms with Gasteiger partial charge in [-0.25, -0.2) is 0 Å². The van der Waals surface area contributed by atoms with E-state index in [4.69, 9.17) is 5.73 Å². The fourth-order valence-electron chi connectivity index (χ4n) is 1.36. The molecule has 0 unspecified atom stereocenters. The van der Waals surface area contributed by atoms with Crippen LogP contribution in [-0.2, 0) is 4.79 Å². The summed E-state index contributed by atoms with van der Waals surface area (Å²) >= 11 is 1.35. The highest BCUT2D eigenvalue weighted by Crippen LogP contribution is 2.28. The average molecular weight is 240 g/mol. The first-order chi connectivity index (χ1) is 7.68. The van der Waals surface area contributed by atoms with Gasteiger partial charge in [-0.15, -0.1) is 0 Å². The maximum atomic E-state index is 11.3. The van der Waals surface area contributed by atoms with Crippen molar-refractivity contribution in [2.75, 3.05) is 24.1 Å². The lowest BCUT2D eigenvalue weighted by atomic mass is 10.3. The van der Waals surface area contributed by atoms with Gasteiger partial charge in [0.05, 0.1) is 0 Å². The molecule has 0 bridgehead atoms. The summed E-state index contributed by atoms with van der Waals surface area (Å²) in [7, 11) is 0. The van der Waals surface area contributed by atoms with Crippen LogP contribution >= 0.6 is 11.5 Å². The molecule has 1 saturated carbocycles. The van der Waals surface area contributed by atoms with Crippen LogP contribution in [0.25, 0.3) is 0 Å². The van der Waals surface area contributed by atoms with Crippen molar-refractivity contribution in [3.8, 4) is 0 Å². The Hall–Kier alpha value is -1.30. The van der Waals surface area contributed by atoms with E-state index >= 15 is 0 Å². The predicted molar refractivity (Wildman–Crippen MR) is 65.5 cm³/mol. The molecule has 0 spiro atoms. The molecule has 1 fully saturated rings. The van der Waals surface area contributed by atoms with E-state index in [2.05, 4.69) is 15.0 Å². The average Bonchev–Trinajstić information content (AvgIpc) is 3.06. The number of nitrogens with zero attached hydrogens (tertiary/aromatic N) is 1. The lowest BCUT2D eigenvalue weighted by molar-refractivity contribution is -0.122. The van der Waals surface area contributed by atoms with Crippen LogP contribution in [0.3, 0.4) is 0 Å². The van der Waals surface area contributed by atoms with Gasteiger partial charge in [-0.2, -0.15) is 4.37 Å². The van der Waals surface area contributed by atoms with E-state index in [1.807, 2.05) is 6.92 Å². The van der Waals surface area contributed by atoms with Crippen molar-refractivity contribution < 1.29 is 4.79 Å². The van der Waals surface area contributed by atoms with Gasteiger partial charge >= 0.3 is 0 Å². The van der Waals surface area contributed by atoms with Crippen molar-refractivity contribution in [2.24, 2.45) is 5.92 Å². The number of amides is 1. The van der Waals surface area contributed by atoms with Crippen molar-refractivity contribution in [3.63, 3.8) is 0 Å². The first-order valence-corrected chi connectivity index (χ1v) is 6.19. The van der Waals surface area contributed by atoms with Crippen LogP contribution < -0.4 is 16.4 Å². The van der Waals surface area contributed by atoms with Crippen LogP contribution in [0.1, 0.15) is 18.4 Å². The summed E-state index contributed by atoms with van der Waals surface area (Å²) in [6.07, 6.45) is 2.09.